The Bertz CT molecular complexity index is 1190. The molecule has 1 aromatic heterocycles. The molecule has 0 aliphatic heterocycles. The first-order valence-electron chi connectivity index (χ1n) is 8.29. The predicted molar refractivity (Wildman–Crippen MR) is 105 cm³/mol. The van der Waals surface area contributed by atoms with E-state index in [9.17, 15) is 18.3 Å². The van der Waals surface area contributed by atoms with Crippen LogP contribution in [0.15, 0.2) is 75.8 Å². The molecule has 29 heavy (non-hydrogen) atoms. The van der Waals surface area contributed by atoms with Crippen LogP contribution in [0.5, 0.6) is 5.75 Å². The number of nitrogens with zero attached hydrogens (tertiary/aromatic N) is 3. The number of pyridine rings is 1. The maximum atomic E-state index is 12.5. The minimum absolute atomic E-state index is 0.0255. The number of aromatic nitrogens is 1. The summed E-state index contributed by atoms with van der Waals surface area (Å²) in [6.45, 7) is 1.76. The average molecular weight is 412 g/mol. The van der Waals surface area contributed by atoms with Crippen LogP contribution >= 0.6 is 0 Å². The summed E-state index contributed by atoms with van der Waals surface area (Å²) < 4.78 is 27.3. The van der Waals surface area contributed by atoms with Crippen molar-refractivity contribution in [2.45, 2.75) is 11.8 Å². The van der Waals surface area contributed by atoms with Crippen molar-refractivity contribution in [3.63, 3.8) is 0 Å². The number of aromatic hydroxyl groups is 1. The van der Waals surface area contributed by atoms with Crippen molar-refractivity contribution < 1.29 is 23.4 Å². The number of anilines is 1. The van der Waals surface area contributed by atoms with Gasteiger partial charge in [0.05, 0.1) is 16.3 Å². The predicted octanol–water partition coefficient (Wildman–Crippen LogP) is 4.01. The van der Waals surface area contributed by atoms with Gasteiger partial charge in [0, 0.05) is 5.69 Å². The second-order valence-electron chi connectivity index (χ2n) is 5.97. The number of aryl methyl sites for hydroxylation is 1. The molecule has 1 heterocycles. The second-order valence-corrected chi connectivity index (χ2v) is 7.65. The molecule has 3 N–H and O–H groups in total. The van der Waals surface area contributed by atoms with Crippen molar-refractivity contribution in [1.82, 2.24) is 4.98 Å². The molecule has 0 saturated heterocycles. The third-order valence-electron chi connectivity index (χ3n) is 3.77. The van der Waals surface area contributed by atoms with Crippen LogP contribution in [-0.4, -0.2) is 29.6 Å². The SMILES string of the molecule is Cc1cccc(NS(=O)(=O)c2ccc(N=Nc3ccc(O)c(C(=O)O)c3)cc2)n1. The number of carboxylic acids is 1. The van der Waals surface area contributed by atoms with Crippen molar-refractivity contribution in [3.05, 3.63) is 71.9 Å². The first-order valence-corrected chi connectivity index (χ1v) is 9.77. The summed E-state index contributed by atoms with van der Waals surface area (Å²) in [4.78, 5) is 15.2. The number of benzene rings is 2. The van der Waals surface area contributed by atoms with E-state index in [2.05, 4.69) is 19.9 Å². The third kappa shape index (κ3) is 4.93. The maximum absolute atomic E-state index is 12.5. The molecule has 0 radical (unpaired) electrons. The van der Waals surface area contributed by atoms with Gasteiger partial charge in [-0.2, -0.15) is 10.2 Å². The van der Waals surface area contributed by atoms with Crippen LogP contribution in [0.25, 0.3) is 0 Å². The largest absolute Gasteiger partial charge is 0.507 e. The van der Waals surface area contributed by atoms with Crippen LogP contribution in [-0.2, 0) is 10.0 Å². The van der Waals surface area contributed by atoms with E-state index < -0.39 is 16.0 Å². The van der Waals surface area contributed by atoms with Gasteiger partial charge in [0.2, 0.25) is 0 Å². The molecule has 9 nitrogen and oxygen atoms in total. The average Bonchev–Trinajstić information content (AvgIpc) is 2.67. The number of sulfonamides is 1. The van der Waals surface area contributed by atoms with Gasteiger partial charge in [-0.15, -0.1) is 0 Å². The van der Waals surface area contributed by atoms with Crippen LogP contribution < -0.4 is 4.72 Å². The Morgan fingerprint density at radius 3 is 2.31 bits per heavy atom. The van der Waals surface area contributed by atoms with Crippen LogP contribution in [0, 0.1) is 6.92 Å². The summed E-state index contributed by atoms with van der Waals surface area (Å²) in [7, 11) is -3.81. The highest BCUT2D eigenvalue weighted by Gasteiger charge is 2.15. The molecule has 0 bridgehead atoms. The highest BCUT2D eigenvalue weighted by molar-refractivity contribution is 7.92. The number of hydrogen-bond donors (Lipinski definition) is 3. The number of nitrogens with one attached hydrogen (secondary N) is 1. The van der Waals surface area contributed by atoms with E-state index in [-0.39, 0.29) is 27.7 Å². The maximum Gasteiger partial charge on any atom is 0.339 e. The first-order chi connectivity index (χ1) is 13.7. The highest BCUT2D eigenvalue weighted by Crippen LogP contribution is 2.26. The Morgan fingerprint density at radius 2 is 1.66 bits per heavy atom. The van der Waals surface area contributed by atoms with Crippen molar-refractivity contribution in [3.8, 4) is 5.75 Å². The van der Waals surface area contributed by atoms with E-state index in [0.717, 1.165) is 0 Å². The molecule has 0 atom stereocenters. The van der Waals surface area contributed by atoms with Gasteiger partial charge in [-0.05, 0) is 61.5 Å². The molecule has 0 aliphatic carbocycles. The summed E-state index contributed by atoms with van der Waals surface area (Å²) in [5, 5.41) is 26.4. The molecule has 3 rings (SSSR count). The summed E-state index contributed by atoms with van der Waals surface area (Å²) in [6.07, 6.45) is 0. The smallest absolute Gasteiger partial charge is 0.339 e. The lowest BCUT2D eigenvalue weighted by molar-refractivity contribution is 0.0693. The molecule has 0 unspecified atom stereocenters. The summed E-state index contributed by atoms with van der Waals surface area (Å²) in [6, 6.07) is 14.4. The molecule has 0 saturated carbocycles. The van der Waals surface area contributed by atoms with Crippen LogP contribution in [0.4, 0.5) is 17.2 Å². The Kier molecular flexibility index (Phi) is 5.55. The molecule has 0 amide bonds. The van der Waals surface area contributed by atoms with Gasteiger partial charge < -0.3 is 10.2 Å². The monoisotopic (exact) mass is 412 g/mol. The summed E-state index contributed by atoms with van der Waals surface area (Å²) >= 11 is 0. The third-order valence-corrected chi connectivity index (χ3v) is 5.14. The molecular weight excluding hydrogens is 396 g/mol. The van der Waals surface area contributed by atoms with Crippen LogP contribution in [0.2, 0.25) is 0 Å². The van der Waals surface area contributed by atoms with Gasteiger partial charge in [0.25, 0.3) is 10.0 Å². The number of phenols is 1. The van der Waals surface area contributed by atoms with E-state index in [4.69, 9.17) is 5.11 Å². The van der Waals surface area contributed by atoms with Crippen molar-refractivity contribution >= 4 is 33.2 Å². The Balaban J connectivity index is 1.77. The Labute approximate surface area is 166 Å². The van der Waals surface area contributed by atoms with Gasteiger partial charge in [0.1, 0.15) is 17.1 Å². The minimum Gasteiger partial charge on any atom is -0.507 e. The first kappa shape index (κ1) is 20.0. The van der Waals surface area contributed by atoms with Gasteiger partial charge in [-0.3, -0.25) is 4.72 Å². The zero-order valence-corrected chi connectivity index (χ0v) is 16.0. The zero-order chi connectivity index (χ0) is 21.0. The van der Waals surface area contributed by atoms with Gasteiger partial charge >= 0.3 is 5.97 Å². The number of carbonyl (C=O) groups is 1. The van der Waals surface area contributed by atoms with Crippen LogP contribution in [0.3, 0.4) is 0 Å². The molecule has 0 spiro atoms. The van der Waals surface area contributed by atoms with Gasteiger partial charge in [0.15, 0.2) is 0 Å². The van der Waals surface area contributed by atoms with Crippen LogP contribution in [0.1, 0.15) is 16.1 Å². The fourth-order valence-electron chi connectivity index (χ4n) is 2.36. The number of hydrogen-bond acceptors (Lipinski definition) is 7. The fourth-order valence-corrected chi connectivity index (χ4v) is 3.36. The Morgan fingerprint density at radius 1 is 1.00 bits per heavy atom. The molecule has 0 aliphatic rings. The normalized spacial score (nSPS) is 11.5. The number of carboxylic acid groups (broad SMARTS) is 1. The Hall–Kier alpha value is -3.79. The van der Waals surface area contributed by atoms with Crippen molar-refractivity contribution in [1.29, 1.82) is 0 Å². The zero-order valence-electron chi connectivity index (χ0n) is 15.1. The molecule has 3 aromatic rings. The number of rotatable bonds is 6. The fraction of sp³-hybridized carbons (Fsp3) is 0.0526. The highest BCUT2D eigenvalue weighted by atomic mass is 32.2. The lowest BCUT2D eigenvalue weighted by Crippen LogP contribution is -2.13. The number of aromatic carboxylic acids is 1. The van der Waals surface area contributed by atoms with Crippen molar-refractivity contribution in [2.75, 3.05) is 4.72 Å². The molecule has 0 fully saturated rings. The standard InChI is InChI=1S/C19H16N4O5S/c1-12-3-2-4-18(20-12)23-29(27,28)15-8-5-13(6-9-15)21-22-14-7-10-17(24)16(11-14)19(25)26/h2-11,24H,1H3,(H,20,23)(H,25,26). The van der Waals surface area contributed by atoms with E-state index >= 15 is 0 Å². The van der Waals surface area contributed by atoms with Gasteiger partial charge in [-0.25, -0.2) is 18.2 Å². The molecular formula is C19H16N4O5S. The molecule has 148 valence electrons. The molecule has 10 heteroatoms. The van der Waals surface area contributed by atoms with Crippen molar-refractivity contribution in [2.24, 2.45) is 10.2 Å². The van der Waals surface area contributed by atoms with E-state index in [1.165, 1.54) is 42.5 Å². The lowest BCUT2D eigenvalue weighted by Gasteiger charge is -2.07. The quantitative estimate of drug-likeness (QED) is 0.522. The number of azo groups is 1. The lowest BCUT2D eigenvalue weighted by atomic mass is 10.2. The molecule has 2 aromatic carbocycles. The summed E-state index contributed by atoms with van der Waals surface area (Å²) in [5.41, 5.74) is 0.978. The van der Waals surface area contributed by atoms with E-state index in [1.807, 2.05) is 0 Å². The topological polar surface area (TPSA) is 141 Å². The van der Waals surface area contributed by atoms with E-state index in [1.54, 1.807) is 25.1 Å². The minimum atomic E-state index is -3.81. The second kappa shape index (κ2) is 8.07. The summed E-state index contributed by atoms with van der Waals surface area (Å²) in [5.74, 6) is -1.44. The van der Waals surface area contributed by atoms with Gasteiger partial charge in [-0.1, -0.05) is 6.07 Å². The van der Waals surface area contributed by atoms with E-state index in [0.29, 0.717) is 11.4 Å².